The van der Waals surface area contributed by atoms with Crippen molar-refractivity contribution in [2.45, 2.75) is 5.33 Å². The van der Waals surface area contributed by atoms with Crippen molar-refractivity contribution in [3.05, 3.63) is 33.8 Å². The molecule has 1 aromatic rings. The molecule has 0 aromatic heterocycles. The maximum Gasteiger partial charge on any atom is 0.337 e. The third kappa shape index (κ3) is 2.06. The van der Waals surface area contributed by atoms with Crippen molar-refractivity contribution in [2.24, 2.45) is 0 Å². The molecule has 0 amide bonds. The van der Waals surface area contributed by atoms with E-state index in [1.807, 2.05) is 6.07 Å². The first kappa shape index (κ1) is 11.0. The lowest BCUT2D eigenvalue weighted by Crippen LogP contribution is -2.02. The van der Waals surface area contributed by atoms with E-state index >= 15 is 0 Å². The monoisotopic (exact) mass is 273 g/mol. The number of halogens is 2. The largest absolute Gasteiger partial charge is 0.478 e. The summed E-state index contributed by atoms with van der Waals surface area (Å²) < 4.78 is 0. The summed E-state index contributed by atoms with van der Waals surface area (Å²) in [6.07, 6.45) is 0. The third-order valence-electron chi connectivity index (χ3n) is 1.67. The van der Waals surface area contributed by atoms with Crippen molar-refractivity contribution in [2.75, 3.05) is 0 Å². The topological polar surface area (TPSA) is 61.1 Å². The standard InChI is InChI=1S/C9H5BrClNO2/c10-3-5-1-6(11)2-7(9(13)14)8(5)4-12/h1-2H,3H2,(H,13,14). The SMILES string of the molecule is N#Cc1c(CBr)cc(Cl)cc1C(=O)O. The predicted molar refractivity (Wildman–Crippen MR) is 55.8 cm³/mol. The van der Waals surface area contributed by atoms with Crippen LogP contribution in [0.25, 0.3) is 0 Å². The van der Waals surface area contributed by atoms with Crippen LogP contribution in [0.2, 0.25) is 5.02 Å². The summed E-state index contributed by atoms with van der Waals surface area (Å²) in [6, 6.07) is 4.70. The number of carboxylic acid groups (broad SMARTS) is 1. The second-order valence-electron chi connectivity index (χ2n) is 2.54. The van der Waals surface area contributed by atoms with Crippen molar-refractivity contribution >= 4 is 33.5 Å². The van der Waals surface area contributed by atoms with Gasteiger partial charge in [-0.05, 0) is 17.7 Å². The Kier molecular flexibility index (Phi) is 3.50. The summed E-state index contributed by atoms with van der Waals surface area (Å²) in [7, 11) is 0. The van der Waals surface area contributed by atoms with Gasteiger partial charge in [0, 0.05) is 10.4 Å². The molecule has 0 atom stereocenters. The van der Waals surface area contributed by atoms with Crippen molar-refractivity contribution < 1.29 is 9.90 Å². The maximum atomic E-state index is 10.8. The highest BCUT2D eigenvalue weighted by atomic mass is 79.9. The molecule has 0 heterocycles. The Labute approximate surface area is 94.0 Å². The van der Waals surface area contributed by atoms with Crippen LogP contribution in [0.5, 0.6) is 0 Å². The molecule has 0 bridgehead atoms. The van der Waals surface area contributed by atoms with Gasteiger partial charge in [0.05, 0.1) is 11.1 Å². The molecular weight excluding hydrogens is 269 g/mol. The van der Waals surface area contributed by atoms with E-state index < -0.39 is 5.97 Å². The van der Waals surface area contributed by atoms with E-state index in [1.54, 1.807) is 6.07 Å². The van der Waals surface area contributed by atoms with Gasteiger partial charge in [-0.2, -0.15) is 5.26 Å². The first-order valence-electron chi connectivity index (χ1n) is 3.62. The number of nitrogens with zero attached hydrogens (tertiary/aromatic N) is 1. The molecule has 0 saturated heterocycles. The smallest absolute Gasteiger partial charge is 0.337 e. The van der Waals surface area contributed by atoms with Gasteiger partial charge in [-0.1, -0.05) is 27.5 Å². The lowest BCUT2D eigenvalue weighted by Gasteiger charge is -2.04. The van der Waals surface area contributed by atoms with Crippen molar-refractivity contribution in [3.63, 3.8) is 0 Å². The molecule has 5 heteroatoms. The van der Waals surface area contributed by atoms with Crippen molar-refractivity contribution in [1.29, 1.82) is 5.26 Å². The second-order valence-corrected chi connectivity index (χ2v) is 3.54. The van der Waals surface area contributed by atoms with Gasteiger partial charge < -0.3 is 5.11 Å². The van der Waals surface area contributed by atoms with E-state index in [9.17, 15) is 4.79 Å². The Morgan fingerprint density at radius 3 is 2.71 bits per heavy atom. The van der Waals surface area contributed by atoms with E-state index in [1.165, 1.54) is 6.07 Å². The van der Waals surface area contributed by atoms with Gasteiger partial charge >= 0.3 is 5.97 Å². The maximum absolute atomic E-state index is 10.8. The highest BCUT2D eigenvalue weighted by molar-refractivity contribution is 9.08. The summed E-state index contributed by atoms with van der Waals surface area (Å²) in [5.41, 5.74) is 0.672. The normalized spacial score (nSPS) is 9.50. The summed E-state index contributed by atoms with van der Waals surface area (Å²) in [5, 5.41) is 18.3. The third-order valence-corrected chi connectivity index (χ3v) is 2.49. The van der Waals surface area contributed by atoms with Gasteiger partial charge in [-0.15, -0.1) is 0 Å². The van der Waals surface area contributed by atoms with Crippen LogP contribution in [-0.4, -0.2) is 11.1 Å². The Balaban J connectivity index is 3.49. The molecule has 0 unspecified atom stereocenters. The molecule has 0 aliphatic heterocycles. The number of carbonyl (C=O) groups is 1. The van der Waals surface area contributed by atoms with Gasteiger partial charge in [-0.25, -0.2) is 4.79 Å². The van der Waals surface area contributed by atoms with Crippen LogP contribution >= 0.6 is 27.5 Å². The van der Waals surface area contributed by atoms with Crippen LogP contribution in [0.4, 0.5) is 0 Å². The van der Waals surface area contributed by atoms with Gasteiger partial charge in [0.25, 0.3) is 0 Å². The van der Waals surface area contributed by atoms with E-state index in [4.69, 9.17) is 22.0 Å². The average molecular weight is 275 g/mol. The Bertz CT molecular complexity index is 426. The summed E-state index contributed by atoms with van der Waals surface area (Å²) >= 11 is 8.87. The molecule has 3 nitrogen and oxygen atoms in total. The quantitative estimate of drug-likeness (QED) is 0.844. The molecule has 1 rings (SSSR count). The molecule has 14 heavy (non-hydrogen) atoms. The summed E-state index contributed by atoms with van der Waals surface area (Å²) in [5.74, 6) is -1.15. The molecule has 0 fully saturated rings. The number of benzene rings is 1. The second kappa shape index (κ2) is 4.45. The number of carboxylic acids is 1. The number of hydrogen-bond acceptors (Lipinski definition) is 2. The van der Waals surface area contributed by atoms with Crippen LogP contribution in [0.3, 0.4) is 0 Å². The molecule has 0 spiro atoms. The number of nitriles is 1. The minimum absolute atomic E-state index is 0.0607. The average Bonchev–Trinajstić information content (AvgIpc) is 2.16. The van der Waals surface area contributed by atoms with Crippen LogP contribution in [0, 0.1) is 11.3 Å². The highest BCUT2D eigenvalue weighted by Crippen LogP contribution is 2.22. The number of hydrogen-bond donors (Lipinski definition) is 1. The molecule has 1 aromatic carbocycles. The first-order valence-corrected chi connectivity index (χ1v) is 5.12. The summed E-state index contributed by atoms with van der Waals surface area (Å²) in [4.78, 5) is 10.8. The van der Waals surface area contributed by atoms with Crippen molar-refractivity contribution in [1.82, 2.24) is 0 Å². The number of alkyl halides is 1. The van der Waals surface area contributed by atoms with Gasteiger partial charge in [-0.3, -0.25) is 0 Å². The fourth-order valence-electron chi connectivity index (χ4n) is 1.07. The lowest BCUT2D eigenvalue weighted by atomic mass is 10.0. The van der Waals surface area contributed by atoms with Crippen LogP contribution < -0.4 is 0 Å². The highest BCUT2D eigenvalue weighted by Gasteiger charge is 2.14. The zero-order valence-electron chi connectivity index (χ0n) is 6.92. The van der Waals surface area contributed by atoms with E-state index in [-0.39, 0.29) is 11.1 Å². The molecule has 0 aliphatic rings. The van der Waals surface area contributed by atoms with E-state index in [0.717, 1.165) is 0 Å². The molecule has 0 saturated carbocycles. The van der Waals surface area contributed by atoms with Crippen LogP contribution in [0.15, 0.2) is 12.1 Å². The zero-order chi connectivity index (χ0) is 10.7. The van der Waals surface area contributed by atoms with E-state index in [0.29, 0.717) is 15.9 Å². The van der Waals surface area contributed by atoms with E-state index in [2.05, 4.69) is 15.9 Å². The minimum Gasteiger partial charge on any atom is -0.478 e. The zero-order valence-corrected chi connectivity index (χ0v) is 9.26. The molecule has 0 radical (unpaired) electrons. The van der Waals surface area contributed by atoms with Crippen LogP contribution in [0.1, 0.15) is 21.5 Å². The predicted octanol–water partition coefficient (Wildman–Crippen LogP) is 2.80. The number of aromatic carboxylic acids is 1. The van der Waals surface area contributed by atoms with Gasteiger partial charge in [0.2, 0.25) is 0 Å². The first-order chi connectivity index (χ1) is 6.60. The van der Waals surface area contributed by atoms with Gasteiger partial charge in [0.1, 0.15) is 6.07 Å². The molecule has 72 valence electrons. The lowest BCUT2D eigenvalue weighted by molar-refractivity contribution is 0.0696. The number of rotatable bonds is 2. The van der Waals surface area contributed by atoms with Crippen molar-refractivity contribution in [3.8, 4) is 6.07 Å². The fraction of sp³-hybridized carbons (Fsp3) is 0.111. The Morgan fingerprint density at radius 1 is 1.64 bits per heavy atom. The Morgan fingerprint density at radius 2 is 2.29 bits per heavy atom. The molecule has 0 aliphatic carbocycles. The minimum atomic E-state index is -1.15. The molecule has 1 N–H and O–H groups in total. The molecular formula is C9H5BrClNO2. The fourth-order valence-corrected chi connectivity index (χ4v) is 1.75. The Hall–Kier alpha value is -1.05. The summed E-state index contributed by atoms with van der Waals surface area (Å²) in [6.45, 7) is 0. The van der Waals surface area contributed by atoms with Gasteiger partial charge in [0.15, 0.2) is 0 Å². The van der Waals surface area contributed by atoms with Crippen LogP contribution in [-0.2, 0) is 5.33 Å².